The second kappa shape index (κ2) is 6.81. The molecule has 9 heteroatoms. The number of benzene rings is 1. The molecule has 1 atom stereocenters. The van der Waals surface area contributed by atoms with Crippen molar-refractivity contribution in [1.82, 2.24) is 5.32 Å². The maximum absolute atomic E-state index is 11.5. The molecule has 104 valence electrons. The van der Waals surface area contributed by atoms with E-state index in [1.807, 2.05) is 5.32 Å². The van der Waals surface area contributed by atoms with Gasteiger partial charge in [0.15, 0.2) is 6.04 Å². The largest absolute Gasteiger partial charge is 0.480 e. The maximum Gasteiger partial charge on any atom is 0.328 e. The third kappa shape index (κ3) is 4.43. The fourth-order valence-electron chi connectivity index (χ4n) is 1.12. The zero-order valence-electron chi connectivity index (χ0n) is 9.28. The molecular weight excluding hydrogens is 318 g/mol. The first kappa shape index (κ1) is 15.8. The van der Waals surface area contributed by atoms with Crippen molar-refractivity contribution in [3.63, 3.8) is 0 Å². The lowest BCUT2D eigenvalue weighted by Crippen LogP contribution is -2.45. The number of aliphatic hydroxyl groups excluding tert-OH is 1. The molecule has 0 saturated carbocycles. The number of aliphatic hydroxyl groups is 1. The Bertz CT molecular complexity index is 510. The summed E-state index contributed by atoms with van der Waals surface area (Å²) < 4.78 is 0. The number of carbonyl (C=O) groups is 2. The van der Waals surface area contributed by atoms with Gasteiger partial charge in [-0.3, -0.25) is 0 Å². The van der Waals surface area contributed by atoms with Gasteiger partial charge < -0.3 is 20.8 Å². The van der Waals surface area contributed by atoms with Crippen LogP contribution in [0.3, 0.4) is 0 Å². The van der Waals surface area contributed by atoms with Crippen LogP contribution in [-0.2, 0) is 4.79 Å². The minimum atomic E-state index is -1.42. The number of halogens is 3. The second-order valence-corrected chi connectivity index (χ2v) is 4.64. The van der Waals surface area contributed by atoms with Gasteiger partial charge in [0.1, 0.15) is 0 Å². The van der Waals surface area contributed by atoms with E-state index in [0.29, 0.717) is 0 Å². The predicted molar refractivity (Wildman–Crippen MR) is 72.1 cm³/mol. The molecule has 0 heterocycles. The summed E-state index contributed by atoms with van der Waals surface area (Å²) in [6.45, 7) is -0.738. The van der Waals surface area contributed by atoms with E-state index >= 15 is 0 Å². The monoisotopic (exact) mass is 326 g/mol. The number of amides is 2. The third-order valence-electron chi connectivity index (χ3n) is 2.04. The molecule has 0 aromatic heterocycles. The van der Waals surface area contributed by atoms with Crippen molar-refractivity contribution in [1.29, 1.82) is 0 Å². The van der Waals surface area contributed by atoms with E-state index in [2.05, 4.69) is 5.32 Å². The standard InChI is InChI=1S/C10H9Cl3N2O4/c11-4-1-6(13)7(2-5(4)12)14-10(19)15-8(3-16)9(17)18/h1-2,8,16H,3H2,(H,17,18)(H2,14,15,19)/t8-/m1/s1. The number of carboxylic acids is 1. The predicted octanol–water partition coefficient (Wildman–Crippen LogP) is 2.21. The van der Waals surface area contributed by atoms with Crippen LogP contribution in [0.1, 0.15) is 0 Å². The first-order valence-electron chi connectivity index (χ1n) is 4.91. The van der Waals surface area contributed by atoms with Gasteiger partial charge in [0.2, 0.25) is 0 Å². The van der Waals surface area contributed by atoms with Crippen molar-refractivity contribution >= 4 is 52.5 Å². The molecule has 0 aliphatic rings. The van der Waals surface area contributed by atoms with Crippen LogP contribution >= 0.6 is 34.8 Å². The van der Waals surface area contributed by atoms with Gasteiger partial charge in [0.05, 0.1) is 27.4 Å². The summed E-state index contributed by atoms with van der Waals surface area (Å²) >= 11 is 17.3. The van der Waals surface area contributed by atoms with Gasteiger partial charge in [0.25, 0.3) is 0 Å². The molecule has 0 fully saturated rings. The van der Waals surface area contributed by atoms with E-state index in [9.17, 15) is 9.59 Å². The van der Waals surface area contributed by atoms with Crippen molar-refractivity contribution in [2.24, 2.45) is 0 Å². The smallest absolute Gasteiger partial charge is 0.328 e. The molecule has 19 heavy (non-hydrogen) atoms. The van der Waals surface area contributed by atoms with E-state index < -0.39 is 24.6 Å². The van der Waals surface area contributed by atoms with Crippen LogP contribution in [0.4, 0.5) is 10.5 Å². The van der Waals surface area contributed by atoms with Crippen LogP contribution in [0.25, 0.3) is 0 Å². The lowest BCUT2D eigenvalue weighted by molar-refractivity contribution is -0.140. The Balaban J connectivity index is 2.77. The summed E-state index contributed by atoms with van der Waals surface area (Å²) in [6, 6.07) is 0.394. The molecule has 0 aliphatic heterocycles. The molecule has 0 unspecified atom stereocenters. The normalized spacial score (nSPS) is 11.8. The number of hydrogen-bond acceptors (Lipinski definition) is 3. The number of anilines is 1. The number of hydrogen-bond donors (Lipinski definition) is 4. The van der Waals surface area contributed by atoms with Crippen molar-refractivity contribution in [3.8, 4) is 0 Å². The highest BCUT2D eigenvalue weighted by molar-refractivity contribution is 6.44. The molecule has 1 aromatic rings. The van der Waals surface area contributed by atoms with Crippen LogP contribution in [0.15, 0.2) is 12.1 Å². The molecule has 2 amide bonds. The lowest BCUT2D eigenvalue weighted by atomic mass is 10.3. The highest BCUT2D eigenvalue weighted by Crippen LogP contribution is 2.32. The average Bonchev–Trinajstić information content (AvgIpc) is 2.32. The van der Waals surface area contributed by atoms with Crippen molar-refractivity contribution < 1.29 is 19.8 Å². The fraction of sp³-hybridized carbons (Fsp3) is 0.200. The topological polar surface area (TPSA) is 98.7 Å². The number of nitrogens with one attached hydrogen (secondary N) is 2. The Morgan fingerprint density at radius 2 is 1.74 bits per heavy atom. The number of urea groups is 1. The van der Waals surface area contributed by atoms with Crippen molar-refractivity contribution in [3.05, 3.63) is 27.2 Å². The van der Waals surface area contributed by atoms with Crippen LogP contribution in [0.2, 0.25) is 15.1 Å². The van der Waals surface area contributed by atoms with Gasteiger partial charge in [0, 0.05) is 0 Å². The van der Waals surface area contributed by atoms with Gasteiger partial charge >= 0.3 is 12.0 Å². The summed E-state index contributed by atoms with van der Waals surface area (Å²) in [4.78, 5) is 22.1. The summed E-state index contributed by atoms with van der Waals surface area (Å²) in [7, 11) is 0. The molecule has 0 spiro atoms. The highest BCUT2D eigenvalue weighted by atomic mass is 35.5. The van der Waals surface area contributed by atoms with Gasteiger partial charge in [-0.1, -0.05) is 34.8 Å². The number of carbonyl (C=O) groups excluding carboxylic acids is 1. The SMILES string of the molecule is O=C(Nc1cc(Cl)c(Cl)cc1Cl)N[C@H](CO)C(=O)O. The van der Waals surface area contributed by atoms with Gasteiger partial charge in [-0.05, 0) is 12.1 Å². The lowest BCUT2D eigenvalue weighted by Gasteiger charge is -2.13. The summed E-state index contributed by atoms with van der Waals surface area (Å²) in [5.41, 5.74) is 0.163. The van der Waals surface area contributed by atoms with Gasteiger partial charge in [-0.25, -0.2) is 9.59 Å². The Morgan fingerprint density at radius 3 is 2.26 bits per heavy atom. The van der Waals surface area contributed by atoms with Gasteiger partial charge in [-0.15, -0.1) is 0 Å². The van der Waals surface area contributed by atoms with E-state index in [4.69, 9.17) is 45.0 Å². The summed E-state index contributed by atoms with van der Waals surface area (Å²) in [5, 5.41) is 22.3. The molecule has 0 bridgehead atoms. The first-order valence-corrected chi connectivity index (χ1v) is 6.04. The molecule has 0 aliphatic carbocycles. The minimum absolute atomic E-state index is 0.139. The van der Waals surface area contributed by atoms with E-state index in [1.54, 1.807) is 0 Å². The second-order valence-electron chi connectivity index (χ2n) is 3.42. The van der Waals surface area contributed by atoms with Crippen LogP contribution in [0.5, 0.6) is 0 Å². The fourth-order valence-corrected chi connectivity index (χ4v) is 1.71. The molecular formula is C10H9Cl3N2O4. The Kier molecular flexibility index (Phi) is 5.68. The minimum Gasteiger partial charge on any atom is -0.480 e. The molecule has 4 N–H and O–H groups in total. The van der Waals surface area contributed by atoms with Gasteiger partial charge in [-0.2, -0.15) is 0 Å². The third-order valence-corrected chi connectivity index (χ3v) is 3.08. The zero-order valence-corrected chi connectivity index (χ0v) is 11.6. The van der Waals surface area contributed by atoms with Crippen LogP contribution in [0, 0.1) is 0 Å². The molecule has 6 nitrogen and oxygen atoms in total. The van der Waals surface area contributed by atoms with Crippen LogP contribution < -0.4 is 10.6 Å². The summed E-state index contributed by atoms with van der Waals surface area (Å²) in [6.07, 6.45) is 0. The highest BCUT2D eigenvalue weighted by Gasteiger charge is 2.19. The molecule has 1 aromatic carbocycles. The zero-order chi connectivity index (χ0) is 14.6. The first-order chi connectivity index (χ1) is 8.85. The Hall–Kier alpha value is -1.21. The Morgan fingerprint density at radius 1 is 1.16 bits per heavy atom. The number of carboxylic acid groups (broad SMARTS) is 1. The summed E-state index contributed by atoms with van der Waals surface area (Å²) in [5.74, 6) is -1.36. The average molecular weight is 328 g/mol. The molecule has 1 rings (SSSR count). The molecule has 0 radical (unpaired) electrons. The van der Waals surface area contributed by atoms with Crippen LogP contribution in [-0.4, -0.2) is 34.9 Å². The number of aliphatic carboxylic acids is 1. The van der Waals surface area contributed by atoms with Crippen molar-refractivity contribution in [2.75, 3.05) is 11.9 Å². The number of rotatable bonds is 4. The van der Waals surface area contributed by atoms with E-state index in [1.165, 1.54) is 12.1 Å². The van der Waals surface area contributed by atoms with E-state index in [-0.39, 0.29) is 20.8 Å². The van der Waals surface area contributed by atoms with E-state index in [0.717, 1.165) is 0 Å². The quantitative estimate of drug-likeness (QED) is 0.637. The van der Waals surface area contributed by atoms with Crippen molar-refractivity contribution in [2.45, 2.75) is 6.04 Å². The molecule has 0 saturated heterocycles. The maximum atomic E-state index is 11.5. The Labute approximate surface area is 123 Å².